The van der Waals surface area contributed by atoms with Crippen LogP contribution < -0.4 is 0 Å². The largest absolute Gasteiger partial charge is 0.391 e. The third-order valence-corrected chi connectivity index (χ3v) is 22.9. The van der Waals surface area contributed by atoms with Gasteiger partial charge in [-0.05, 0) is 136 Å². The van der Waals surface area contributed by atoms with E-state index in [0.29, 0.717) is 0 Å². The number of aliphatic hydroxyl groups is 14. The van der Waals surface area contributed by atoms with E-state index in [1.807, 2.05) is 0 Å². The van der Waals surface area contributed by atoms with Gasteiger partial charge in [0.2, 0.25) is 0 Å². The van der Waals surface area contributed by atoms with E-state index in [0.717, 1.165) is 0 Å². The lowest BCUT2D eigenvalue weighted by Gasteiger charge is -2.53. The lowest BCUT2D eigenvalue weighted by Crippen LogP contribution is -2.70. The first-order valence-corrected chi connectivity index (χ1v) is 48.6. The van der Waals surface area contributed by atoms with Crippen LogP contribution in [0, 0.1) is 0 Å². The van der Waals surface area contributed by atoms with Crippen LogP contribution in [0.15, 0.2) is 35.8 Å². The van der Waals surface area contributed by atoms with Gasteiger partial charge in [-0.25, -0.2) is 0 Å². The highest BCUT2D eigenvalue weighted by Crippen LogP contribution is 2.46. The summed E-state index contributed by atoms with van der Waals surface area (Å²) in [6.45, 7) is 3.95. The molecule has 0 spiro atoms. The van der Waals surface area contributed by atoms with Crippen molar-refractivity contribution in [3.05, 3.63) is 73.1 Å². The van der Waals surface area contributed by atoms with Crippen molar-refractivity contribution in [1.82, 2.24) is 0 Å². The predicted molar refractivity (Wildman–Crippen MR) is 493 cm³/mol. The molecule has 0 aliphatic carbocycles. The first kappa shape index (κ1) is 126. The molecule has 21 aliphatic heterocycles. The average molecular weight is 2120 g/mol. The van der Waals surface area contributed by atoms with Crippen LogP contribution in [-0.4, -0.2) is 510 Å². The van der Waals surface area contributed by atoms with Crippen LogP contribution in [0.25, 0.3) is 73.1 Å². The lowest BCUT2D eigenvalue weighted by atomic mass is 9.94. The molecule has 21 saturated heterocycles. The van der Waals surface area contributed by atoms with Crippen molar-refractivity contribution < 1.29 is 204 Å². The van der Waals surface area contributed by atoms with Crippen LogP contribution in [0.4, 0.5) is 0 Å². The SMILES string of the molecule is CC(O)CO[C@@H]1[C@@H](OCC(C)O)[C@H]2O[C@H]3[C@H](OCC(C)O)[C@@H](OCC(C)O)[C@@H](O[C@H]4[C@H](OCC(C)O)[C@@H](OCC(C)O)[C@@H](O[C@H]5[C@H](OCC(C)O)[C@@H](OCC(C)O)[C@@H](O[C@H]6[C@H](OCC(C)O)[C@@H](OCC(C)O)[C@@H](O[C@H]7[C@H](OCC(C)O)[C@@H](OCC(C)O)[C@@H](O[C@H]8[C@H](OCC(C)O)[C@@H](OCC(C)O)[C@@H](O[C@@H]1[C@@H](CN=[N+]=[N-])O2)O[C@@H]8CN=[N+]=[N-])O[C@@H]7CN=[N+]=[N-])O[C@@H]6CN=[N+]=[N-])O[C@@H]5CN=[N+]=[N-])O[C@@H]4CN=[N+]=[N-])O[C@@H]3CN=[N+]=[N-]. The number of azide groups is 7. The first-order chi connectivity index (χ1) is 70.2. The van der Waals surface area contributed by atoms with Crippen LogP contribution in [0.2, 0.25) is 0 Å². The predicted octanol–water partition coefficient (Wildman–Crippen LogP) is -0.333. The van der Waals surface area contributed by atoms with Gasteiger partial charge in [0.15, 0.2) is 44.0 Å². The van der Waals surface area contributed by atoms with Crippen LogP contribution in [-0.2, 0) is 133 Å². The Hall–Kier alpha value is -6.51. The first-order valence-electron chi connectivity index (χ1n) is 48.6. The maximum Gasteiger partial charge on any atom is 0.187 e. The third-order valence-electron chi connectivity index (χ3n) is 22.9. The Morgan fingerprint density at radius 3 is 0.333 bits per heavy atom. The molecule has 21 heterocycles. The zero-order chi connectivity index (χ0) is 108. The van der Waals surface area contributed by atoms with Gasteiger partial charge in [0.25, 0.3) is 0 Å². The molecule has 21 aliphatic rings. The Balaban J connectivity index is 1.54. The molecule has 0 aromatic heterocycles. The fourth-order valence-electron chi connectivity index (χ4n) is 17.1. The van der Waals surface area contributed by atoms with Gasteiger partial charge in [-0.3, -0.25) is 0 Å². The molecule has 14 bridgehead atoms. The van der Waals surface area contributed by atoms with Crippen molar-refractivity contribution >= 4 is 0 Å². The summed E-state index contributed by atoms with van der Waals surface area (Å²) in [5, 5.41) is 186. The van der Waals surface area contributed by atoms with Crippen molar-refractivity contribution in [1.29, 1.82) is 0 Å². The zero-order valence-corrected chi connectivity index (χ0v) is 84.2. The molecule has 0 radical (unpaired) electrons. The molecule has 0 saturated carbocycles. The minimum absolute atomic E-state index is 0.646. The fourth-order valence-corrected chi connectivity index (χ4v) is 17.1. The summed E-state index contributed by atoms with van der Waals surface area (Å²) in [5.41, 5.74) is 72.6. The Bertz CT molecular complexity index is 3420. The van der Waals surface area contributed by atoms with E-state index in [9.17, 15) is 110 Å². The van der Waals surface area contributed by atoms with Gasteiger partial charge in [-0.1, -0.05) is 35.8 Å². The number of ether oxygens (including phenoxy) is 28. The molecule has 63 nitrogen and oxygen atoms in total. The molecule has 147 heavy (non-hydrogen) atoms. The second kappa shape index (κ2) is 64.6. The lowest BCUT2D eigenvalue weighted by molar-refractivity contribution is -0.404. The molecule has 0 amide bonds. The molecule has 21 rings (SSSR count). The molecular formula is C84H147N21O42. The summed E-state index contributed by atoms with van der Waals surface area (Å²) in [7, 11) is 0. The van der Waals surface area contributed by atoms with Gasteiger partial charge < -0.3 is 204 Å². The Morgan fingerprint density at radius 2 is 0.252 bits per heavy atom. The topological polar surface area (TPSA) is 883 Å². The molecule has 14 unspecified atom stereocenters. The molecule has 49 atom stereocenters. The van der Waals surface area contributed by atoms with Crippen LogP contribution in [0.3, 0.4) is 0 Å². The summed E-state index contributed by atoms with van der Waals surface area (Å²) < 4.78 is 192. The summed E-state index contributed by atoms with van der Waals surface area (Å²) in [5.74, 6) is 0. The monoisotopic (exact) mass is 2120 g/mol. The molecular weight excluding hydrogens is 1980 g/mol. The highest BCUT2D eigenvalue weighted by Gasteiger charge is 2.64. The molecule has 21 fully saturated rings. The van der Waals surface area contributed by atoms with E-state index in [1.165, 1.54) is 96.9 Å². The van der Waals surface area contributed by atoms with Crippen molar-refractivity contribution in [3.63, 3.8) is 0 Å². The van der Waals surface area contributed by atoms with Crippen molar-refractivity contribution in [2.45, 2.75) is 397 Å². The maximum absolute atomic E-state index is 11.3. The van der Waals surface area contributed by atoms with E-state index in [-0.39, 0.29) is 0 Å². The van der Waals surface area contributed by atoms with Crippen molar-refractivity contribution in [3.8, 4) is 0 Å². The van der Waals surface area contributed by atoms with Gasteiger partial charge in [0.1, 0.15) is 128 Å². The molecule has 0 aromatic rings. The van der Waals surface area contributed by atoms with Crippen molar-refractivity contribution in [2.75, 3.05) is 138 Å². The number of hydrogen-bond acceptors (Lipinski definition) is 49. The smallest absolute Gasteiger partial charge is 0.187 e. The fraction of sp³-hybridized carbons (Fsp3) is 1.00. The van der Waals surface area contributed by atoms with E-state index in [2.05, 4.69) is 70.2 Å². The molecule has 0 aromatic carbocycles. The van der Waals surface area contributed by atoms with Crippen LogP contribution >= 0.6 is 0 Å². The second-order valence-electron chi connectivity index (χ2n) is 37.5. The summed E-state index contributed by atoms with van der Waals surface area (Å²) in [4.78, 5) is 21.3. The third kappa shape index (κ3) is 39.2. The number of nitrogens with zero attached hydrogens (tertiary/aromatic N) is 21. The van der Waals surface area contributed by atoms with Gasteiger partial charge >= 0.3 is 0 Å². The quantitative estimate of drug-likeness (QED) is 0.0211. The minimum Gasteiger partial charge on any atom is -0.391 e. The average Bonchev–Trinajstić information content (AvgIpc) is 1.24. The minimum atomic E-state index is -2.05. The zero-order valence-electron chi connectivity index (χ0n) is 84.2. The van der Waals surface area contributed by atoms with Crippen molar-refractivity contribution in [2.24, 2.45) is 35.8 Å². The number of rotatable bonds is 56. The number of hydrogen-bond donors (Lipinski definition) is 14. The van der Waals surface area contributed by atoms with Crippen LogP contribution in [0.1, 0.15) is 96.9 Å². The molecule has 14 N–H and O–H groups in total. The van der Waals surface area contributed by atoms with Gasteiger partial charge in [-0.15, -0.1) is 0 Å². The van der Waals surface area contributed by atoms with E-state index in [4.69, 9.17) is 133 Å². The molecule has 840 valence electrons. The van der Waals surface area contributed by atoms with Gasteiger partial charge in [0.05, 0.1) is 266 Å². The van der Waals surface area contributed by atoms with Gasteiger partial charge in [-0.2, -0.15) is 0 Å². The summed E-state index contributed by atoms with van der Waals surface area (Å²) in [6.07, 6.45) is -85.0. The second-order valence-corrected chi connectivity index (χ2v) is 37.5. The van der Waals surface area contributed by atoms with Crippen LogP contribution in [0.5, 0.6) is 0 Å². The standard InChI is InChI=1S/C84H147N21O42/c1-36(106)22-120-64-57-50(15-92-99-85)134-78(71(64)127-29-43(8)113)142-58-51(16-93-100-86)136-80(73(129-31-45(10)115)65(58)121-23-37(2)107)144-60-53(18-95-102-88)138-82(75(131-33-47(12)117)67(60)123-25-39(4)109)146-62-55(20-97-104-90)140-84(77(133-35-49(14)119)69(62)125-27-41(6)111)147-63-56(21-98-105-91)139-83(76(132-34-48(13)118)70(63)126-28-42(7)112)145-61-54(19-96-103-89)137-81(74(130-32-46(11)116)68(61)124-26-40(5)110)143-59-52(17-94-101-87)135-79(141-57)72(128-30-44(9)114)66(59)122-24-38(3)108/h36-84,106-119H,15-35H2,1-14H3/t36?,37?,38?,39?,40?,41?,42?,43?,44?,45?,46?,47?,48?,49?,50-,51-,52-,53-,54-,55-,56-,57-,58-,59-,60-,61-,62-,63-,64+,65+,66+,67+,68+,69+,70+,71-,72-,73-,74-,75-,76-,77-,78-,79-,80-,81-,82-,83-,84-/m1/s1. The Labute approximate surface area is 845 Å². The summed E-state index contributed by atoms with van der Waals surface area (Å²) >= 11 is 0. The Morgan fingerprint density at radius 1 is 0.163 bits per heavy atom. The highest BCUT2D eigenvalue weighted by molar-refractivity contribution is 5.07. The number of aliphatic hydroxyl groups excluding tert-OH is 14. The molecule has 63 heteroatoms. The van der Waals surface area contributed by atoms with E-state index in [1.54, 1.807) is 0 Å². The summed E-state index contributed by atoms with van der Waals surface area (Å²) in [6, 6.07) is 0. The van der Waals surface area contributed by atoms with E-state index >= 15 is 0 Å². The van der Waals surface area contributed by atoms with E-state index < -0.39 is 439 Å². The van der Waals surface area contributed by atoms with Gasteiger partial charge in [0, 0.05) is 34.4 Å². The maximum atomic E-state index is 11.3. The normalized spacial score (nSPS) is 37.2. The Kier molecular flexibility index (Phi) is 55.2. The highest BCUT2D eigenvalue weighted by atomic mass is 16.8.